The van der Waals surface area contributed by atoms with Crippen LogP contribution in [0.1, 0.15) is 55.1 Å². The normalized spacial score (nSPS) is 15.8. The topological polar surface area (TPSA) is 112 Å². The molecule has 2 aliphatic rings. The van der Waals surface area contributed by atoms with E-state index in [4.69, 9.17) is 0 Å². The number of sulfonamides is 1. The molecule has 1 aliphatic heterocycles. The Bertz CT molecular complexity index is 1760. The van der Waals surface area contributed by atoms with Crippen molar-refractivity contribution >= 4 is 43.9 Å². The molecule has 2 aromatic carbocycles. The minimum atomic E-state index is -3.73. The fourth-order valence-electron chi connectivity index (χ4n) is 5.68. The van der Waals surface area contributed by atoms with Gasteiger partial charge in [0.25, 0.3) is 11.8 Å². The van der Waals surface area contributed by atoms with Crippen LogP contribution in [-0.4, -0.2) is 67.6 Å². The highest BCUT2D eigenvalue weighted by Crippen LogP contribution is 2.39. The number of rotatable bonds is 8. The molecule has 1 saturated heterocycles. The Morgan fingerprint density at radius 3 is 2.32 bits per heavy atom. The molecule has 0 saturated carbocycles. The van der Waals surface area contributed by atoms with E-state index < -0.39 is 15.9 Å². The Kier molecular flexibility index (Phi) is 8.90. The van der Waals surface area contributed by atoms with Gasteiger partial charge in [-0.1, -0.05) is 18.2 Å². The maximum Gasteiger partial charge on any atom is 0.258 e. The molecule has 2 aromatic heterocycles. The quantitative estimate of drug-likeness (QED) is 0.282. The van der Waals surface area contributed by atoms with E-state index in [0.29, 0.717) is 42.4 Å². The molecule has 44 heavy (non-hydrogen) atoms. The van der Waals surface area contributed by atoms with Crippen LogP contribution >= 0.6 is 11.3 Å². The van der Waals surface area contributed by atoms with Gasteiger partial charge in [0, 0.05) is 54.7 Å². The Morgan fingerprint density at radius 2 is 1.57 bits per heavy atom. The van der Waals surface area contributed by atoms with Crippen LogP contribution in [-0.2, 0) is 29.3 Å². The fraction of sp³-hybridized carbons (Fsp3) is 0.303. The molecule has 2 amide bonds. The van der Waals surface area contributed by atoms with E-state index in [0.717, 1.165) is 53.7 Å². The van der Waals surface area contributed by atoms with Gasteiger partial charge < -0.3 is 15.5 Å². The molecule has 3 heterocycles. The zero-order valence-corrected chi connectivity index (χ0v) is 26.2. The summed E-state index contributed by atoms with van der Waals surface area (Å²) in [7, 11) is -1.77. The molecule has 1 aliphatic carbocycles. The number of carbonyl (C=O) groups is 2. The predicted molar refractivity (Wildman–Crippen MR) is 173 cm³/mol. The maximum absolute atomic E-state index is 13.7. The Balaban J connectivity index is 1.20. The number of nitrogens with one attached hydrogen (secondary N) is 2. The van der Waals surface area contributed by atoms with Gasteiger partial charge in [-0.3, -0.25) is 14.6 Å². The summed E-state index contributed by atoms with van der Waals surface area (Å²) in [5.41, 5.74) is 4.64. The molecular formula is C33H35N5O4S2. The number of thiophene rings is 1. The van der Waals surface area contributed by atoms with Crippen molar-refractivity contribution in [1.29, 1.82) is 0 Å². The van der Waals surface area contributed by atoms with E-state index in [1.165, 1.54) is 27.8 Å². The molecule has 0 atom stereocenters. The number of aryl methyl sites for hydroxylation is 1. The van der Waals surface area contributed by atoms with Gasteiger partial charge in [0.1, 0.15) is 5.00 Å². The highest BCUT2D eigenvalue weighted by Gasteiger charge is 2.29. The second-order valence-corrected chi connectivity index (χ2v) is 14.3. The zero-order valence-electron chi connectivity index (χ0n) is 24.6. The molecule has 0 spiro atoms. The van der Waals surface area contributed by atoms with Crippen molar-refractivity contribution < 1.29 is 18.0 Å². The average Bonchev–Trinajstić information content (AvgIpc) is 3.40. The molecule has 0 bridgehead atoms. The van der Waals surface area contributed by atoms with Crippen LogP contribution < -0.4 is 10.6 Å². The van der Waals surface area contributed by atoms with Crippen molar-refractivity contribution in [2.75, 3.05) is 43.9 Å². The first-order valence-electron chi connectivity index (χ1n) is 14.8. The third kappa shape index (κ3) is 6.61. The number of benzene rings is 2. The molecular weight excluding hydrogens is 595 g/mol. The van der Waals surface area contributed by atoms with Crippen LogP contribution in [0.2, 0.25) is 0 Å². The summed E-state index contributed by atoms with van der Waals surface area (Å²) in [6.07, 6.45) is 7.96. The number of nitrogens with zero attached hydrogens (tertiary/aromatic N) is 3. The molecule has 4 aromatic rings. The van der Waals surface area contributed by atoms with Gasteiger partial charge in [0.2, 0.25) is 10.0 Å². The van der Waals surface area contributed by atoms with Crippen LogP contribution in [0, 0.1) is 0 Å². The smallest absolute Gasteiger partial charge is 0.258 e. The van der Waals surface area contributed by atoms with Crippen molar-refractivity contribution in [2.45, 2.75) is 37.0 Å². The van der Waals surface area contributed by atoms with Gasteiger partial charge in [-0.25, -0.2) is 8.42 Å². The summed E-state index contributed by atoms with van der Waals surface area (Å²) in [4.78, 5) is 34.5. The number of aromatic nitrogens is 1. The lowest BCUT2D eigenvalue weighted by molar-refractivity contribution is 0.102. The van der Waals surface area contributed by atoms with Crippen molar-refractivity contribution in [2.24, 2.45) is 0 Å². The van der Waals surface area contributed by atoms with Crippen LogP contribution in [0.15, 0.2) is 78.0 Å². The second kappa shape index (κ2) is 13.0. The molecule has 6 rings (SSSR count). The third-order valence-electron chi connectivity index (χ3n) is 8.19. The van der Waals surface area contributed by atoms with E-state index in [9.17, 15) is 18.0 Å². The minimum absolute atomic E-state index is 0.0884. The first-order chi connectivity index (χ1) is 21.3. The largest absolute Gasteiger partial charge is 0.322 e. The number of likely N-dealkylation sites (N-methyl/N-ethyl adjacent to an activating group) is 1. The van der Waals surface area contributed by atoms with E-state index in [1.807, 2.05) is 43.4 Å². The van der Waals surface area contributed by atoms with Crippen LogP contribution in [0.25, 0.3) is 0 Å². The number of amides is 2. The highest BCUT2D eigenvalue weighted by atomic mass is 32.2. The van der Waals surface area contributed by atoms with E-state index in [1.54, 1.807) is 24.5 Å². The molecule has 1 fully saturated rings. The number of anilines is 2. The van der Waals surface area contributed by atoms with Crippen LogP contribution in [0.4, 0.5) is 10.7 Å². The van der Waals surface area contributed by atoms with Gasteiger partial charge in [-0.15, -0.1) is 11.3 Å². The monoisotopic (exact) mass is 629 g/mol. The maximum atomic E-state index is 13.7. The lowest BCUT2D eigenvalue weighted by Crippen LogP contribution is -2.47. The molecule has 2 N–H and O–H groups in total. The first-order valence-corrected chi connectivity index (χ1v) is 17.1. The van der Waals surface area contributed by atoms with Crippen LogP contribution in [0.5, 0.6) is 0 Å². The van der Waals surface area contributed by atoms with Gasteiger partial charge in [-0.05, 0) is 98.3 Å². The van der Waals surface area contributed by atoms with E-state index >= 15 is 0 Å². The summed E-state index contributed by atoms with van der Waals surface area (Å²) in [5.74, 6) is -0.721. The van der Waals surface area contributed by atoms with Crippen molar-refractivity contribution in [1.82, 2.24) is 14.2 Å². The summed E-state index contributed by atoms with van der Waals surface area (Å²) < 4.78 is 28.1. The van der Waals surface area contributed by atoms with Gasteiger partial charge in [0.05, 0.1) is 10.5 Å². The molecule has 0 unspecified atom stereocenters. The average molecular weight is 630 g/mol. The highest BCUT2D eigenvalue weighted by molar-refractivity contribution is 7.89. The Hall–Kier alpha value is -3.90. The molecule has 9 nitrogen and oxygen atoms in total. The summed E-state index contributed by atoms with van der Waals surface area (Å²) in [6.45, 7) is 2.12. The minimum Gasteiger partial charge on any atom is -0.322 e. The van der Waals surface area contributed by atoms with Gasteiger partial charge >= 0.3 is 0 Å². The third-order valence-corrected chi connectivity index (χ3v) is 11.3. The first kappa shape index (κ1) is 30.1. The SMILES string of the molecule is CN1CCN(S(=O)(=O)c2cccc(C(=O)Nc3sc4c(c3C(=O)Nc3ccc(Cc5ccncc5)cc3)CCCC4)c2)CC1. The number of pyridine rings is 1. The van der Waals surface area contributed by atoms with E-state index in [-0.39, 0.29) is 16.4 Å². The molecule has 0 radical (unpaired) electrons. The van der Waals surface area contributed by atoms with Crippen molar-refractivity contribution in [3.8, 4) is 0 Å². The molecule has 11 heteroatoms. The fourth-order valence-corrected chi connectivity index (χ4v) is 8.43. The van der Waals surface area contributed by atoms with Gasteiger partial charge in [-0.2, -0.15) is 4.31 Å². The number of hydrogen-bond donors (Lipinski definition) is 2. The van der Waals surface area contributed by atoms with Gasteiger partial charge in [0.15, 0.2) is 0 Å². The van der Waals surface area contributed by atoms with Crippen molar-refractivity contribution in [3.05, 3.63) is 106 Å². The lowest BCUT2D eigenvalue weighted by Gasteiger charge is -2.31. The van der Waals surface area contributed by atoms with E-state index in [2.05, 4.69) is 20.5 Å². The predicted octanol–water partition coefficient (Wildman–Crippen LogP) is 5.05. The summed E-state index contributed by atoms with van der Waals surface area (Å²) in [5, 5.41) is 6.46. The Morgan fingerprint density at radius 1 is 0.864 bits per heavy atom. The lowest BCUT2D eigenvalue weighted by atomic mass is 9.95. The standard InChI is InChI=1S/C33H35N5O4S2/c1-37-17-19-38(20-18-37)44(41,42)27-6-4-5-25(22-27)31(39)36-33-30(28-7-2-3-8-29(28)43-33)32(40)35-26-11-9-23(10-12-26)21-24-13-15-34-16-14-24/h4-6,9-16,22H,2-3,7-8,17-21H2,1H3,(H,35,40)(H,36,39). The zero-order chi connectivity index (χ0) is 30.7. The number of hydrogen-bond acceptors (Lipinski definition) is 7. The number of fused-ring (bicyclic) bond motifs is 1. The molecule has 228 valence electrons. The van der Waals surface area contributed by atoms with Crippen molar-refractivity contribution in [3.63, 3.8) is 0 Å². The number of piperazine rings is 1. The second-order valence-electron chi connectivity index (χ2n) is 11.3. The Labute approximate surface area is 262 Å². The number of carbonyl (C=O) groups excluding carboxylic acids is 2. The summed E-state index contributed by atoms with van der Waals surface area (Å²) >= 11 is 1.43. The van der Waals surface area contributed by atoms with Crippen LogP contribution in [0.3, 0.4) is 0 Å². The summed E-state index contributed by atoms with van der Waals surface area (Å²) in [6, 6.07) is 17.8.